The van der Waals surface area contributed by atoms with Crippen molar-refractivity contribution in [3.63, 3.8) is 0 Å². The van der Waals surface area contributed by atoms with Crippen LogP contribution in [0, 0.1) is 0 Å². The standard InChI is InChI=1S/C12H14N4OS/c1-16-6-5-8(7-16)13-12(17)9-3-2-4-10-11(9)15-18-14-10/h2-4,8H,5-7H2,1H3,(H,13,17)/t8-/m1/s1. The molecule has 0 radical (unpaired) electrons. The number of nitrogens with one attached hydrogen (secondary N) is 1. The van der Waals surface area contributed by atoms with Crippen LogP contribution in [-0.4, -0.2) is 45.7 Å². The molecule has 6 heteroatoms. The molecule has 5 nitrogen and oxygen atoms in total. The zero-order valence-electron chi connectivity index (χ0n) is 10.1. The van der Waals surface area contributed by atoms with Crippen molar-refractivity contribution in [3.8, 4) is 0 Å². The molecule has 0 unspecified atom stereocenters. The first-order chi connectivity index (χ1) is 8.74. The predicted molar refractivity (Wildman–Crippen MR) is 70.8 cm³/mol. The molecule has 1 amide bonds. The van der Waals surface area contributed by atoms with Crippen molar-refractivity contribution in [2.45, 2.75) is 12.5 Å². The molecule has 18 heavy (non-hydrogen) atoms. The van der Waals surface area contributed by atoms with Gasteiger partial charge in [-0.1, -0.05) is 6.07 Å². The topological polar surface area (TPSA) is 58.1 Å². The van der Waals surface area contributed by atoms with E-state index in [2.05, 4.69) is 26.0 Å². The summed E-state index contributed by atoms with van der Waals surface area (Å²) in [6, 6.07) is 5.76. The molecule has 1 fully saturated rings. The number of benzene rings is 1. The Balaban J connectivity index is 1.81. The van der Waals surface area contributed by atoms with E-state index in [0.29, 0.717) is 11.1 Å². The highest BCUT2D eigenvalue weighted by molar-refractivity contribution is 7.00. The summed E-state index contributed by atoms with van der Waals surface area (Å²) in [5.74, 6) is -0.0476. The van der Waals surface area contributed by atoms with Crippen molar-refractivity contribution >= 4 is 28.7 Å². The lowest BCUT2D eigenvalue weighted by Gasteiger charge is -2.12. The van der Waals surface area contributed by atoms with Crippen LogP contribution in [0.3, 0.4) is 0 Å². The minimum absolute atomic E-state index is 0.0476. The largest absolute Gasteiger partial charge is 0.348 e. The number of rotatable bonds is 2. The molecule has 1 aliphatic rings. The Morgan fingerprint density at radius 1 is 1.50 bits per heavy atom. The molecular formula is C12H14N4OS. The fourth-order valence-corrected chi connectivity index (χ4v) is 2.85. The maximum absolute atomic E-state index is 12.2. The van der Waals surface area contributed by atoms with Crippen LogP contribution in [0.5, 0.6) is 0 Å². The SMILES string of the molecule is CN1CC[C@@H](NC(=O)c2cccc3nsnc23)C1. The Hall–Kier alpha value is -1.53. The minimum Gasteiger partial charge on any atom is -0.348 e. The van der Waals surface area contributed by atoms with Gasteiger partial charge >= 0.3 is 0 Å². The van der Waals surface area contributed by atoms with E-state index in [-0.39, 0.29) is 11.9 Å². The number of fused-ring (bicyclic) bond motifs is 1. The number of amides is 1. The van der Waals surface area contributed by atoms with Crippen LogP contribution in [0.2, 0.25) is 0 Å². The van der Waals surface area contributed by atoms with Crippen molar-refractivity contribution in [1.82, 2.24) is 19.0 Å². The molecule has 2 aromatic rings. The summed E-state index contributed by atoms with van der Waals surface area (Å²) in [5, 5.41) is 3.06. The van der Waals surface area contributed by atoms with Gasteiger partial charge in [-0.2, -0.15) is 8.75 Å². The van der Waals surface area contributed by atoms with Gasteiger partial charge in [-0.05, 0) is 32.1 Å². The third-order valence-electron chi connectivity index (χ3n) is 3.26. The van der Waals surface area contributed by atoms with E-state index < -0.39 is 0 Å². The summed E-state index contributed by atoms with van der Waals surface area (Å²) in [6.45, 7) is 1.95. The second-order valence-corrected chi connectivity index (χ2v) is 5.19. The second-order valence-electron chi connectivity index (χ2n) is 4.66. The monoisotopic (exact) mass is 262 g/mol. The summed E-state index contributed by atoms with van der Waals surface area (Å²) in [7, 11) is 2.07. The van der Waals surface area contributed by atoms with E-state index in [1.54, 1.807) is 6.07 Å². The minimum atomic E-state index is -0.0476. The quantitative estimate of drug-likeness (QED) is 0.881. The number of carbonyl (C=O) groups is 1. The Kier molecular flexibility index (Phi) is 2.97. The average Bonchev–Trinajstić information content (AvgIpc) is 2.97. The van der Waals surface area contributed by atoms with E-state index in [0.717, 1.165) is 36.8 Å². The first-order valence-corrected chi connectivity index (χ1v) is 6.68. The smallest absolute Gasteiger partial charge is 0.253 e. The Bertz CT molecular complexity index is 582. The van der Waals surface area contributed by atoms with Gasteiger partial charge in [-0.25, -0.2) is 0 Å². The molecule has 1 N–H and O–H groups in total. The van der Waals surface area contributed by atoms with Crippen molar-refractivity contribution in [2.75, 3.05) is 20.1 Å². The Labute approximate surface area is 109 Å². The molecule has 94 valence electrons. The summed E-state index contributed by atoms with van der Waals surface area (Å²) < 4.78 is 8.34. The van der Waals surface area contributed by atoms with Crippen molar-refractivity contribution < 1.29 is 4.79 Å². The molecule has 0 bridgehead atoms. The lowest BCUT2D eigenvalue weighted by Crippen LogP contribution is -2.36. The third-order valence-corrected chi connectivity index (χ3v) is 3.80. The summed E-state index contributed by atoms with van der Waals surface area (Å²) >= 11 is 1.14. The van der Waals surface area contributed by atoms with Gasteiger partial charge in [0.25, 0.3) is 5.91 Å². The van der Waals surface area contributed by atoms with Gasteiger partial charge in [0, 0.05) is 12.6 Å². The van der Waals surface area contributed by atoms with Gasteiger partial charge in [-0.15, -0.1) is 0 Å². The number of likely N-dealkylation sites (N-methyl/N-ethyl adjacent to an activating group) is 1. The summed E-state index contributed by atoms with van der Waals surface area (Å²) in [6.07, 6.45) is 1.01. The maximum atomic E-state index is 12.2. The first-order valence-electron chi connectivity index (χ1n) is 5.95. The van der Waals surface area contributed by atoms with Crippen molar-refractivity contribution in [3.05, 3.63) is 23.8 Å². The van der Waals surface area contributed by atoms with Crippen LogP contribution in [0.25, 0.3) is 11.0 Å². The third kappa shape index (κ3) is 2.09. The number of nitrogens with zero attached hydrogens (tertiary/aromatic N) is 3. The zero-order valence-corrected chi connectivity index (χ0v) is 10.9. The van der Waals surface area contributed by atoms with E-state index in [9.17, 15) is 4.79 Å². The van der Waals surface area contributed by atoms with Crippen LogP contribution in [0.4, 0.5) is 0 Å². The second kappa shape index (κ2) is 4.62. The van der Waals surface area contributed by atoms with Gasteiger partial charge in [0.15, 0.2) is 0 Å². The highest BCUT2D eigenvalue weighted by atomic mass is 32.1. The van der Waals surface area contributed by atoms with Gasteiger partial charge in [0.05, 0.1) is 17.3 Å². The normalized spacial score (nSPS) is 20.4. The van der Waals surface area contributed by atoms with Crippen LogP contribution < -0.4 is 5.32 Å². The Morgan fingerprint density at radius 3 is 3.17 bits per heavy atom. The van der Waals surface area contributed by atoms with Crippen LogP contribution in [0.1, 0.15) is 16.8 Å². The Morgan fingerprint density at radius 2 is 2.39 bits per heavy atom. The van der Waals surface area contributed by atoms with Crippen LogP contribution in [0.15, 0.2) is 18.2 Å². The van der Waals surface area contributed by atoms with E-state index in [4.69, 9.17) is 0 Å². The highest BCUT2D eigenvalue weighted by Crippen LogP contribution is 2.17. The zero-order chi connectivity index (χ0) is 12.5. The van der Waals surface area contributed by atoms with Gasteiger partial charge in [0.1, 0.15) is 11.0 Å². The molecule has 1 saturated heterocycles. The van der Waals surface area contributed by atoms with Gasteiger partial charge in [-0.3, -0.25) is 4.79 Å². The van der Waals surface area contributed by atoms with Crippen LogP contribution in [-0.2, 0) is 0 Å². The van der Waals surface area contributed by atoms with Crippen molar-refractivity contribution in [2.24, 2.45) is 0 Å². The molecule has 0 aliphatic carbocycles. The van der Waals surface area contributed by atoms with Crippen LogP contribution >= 0.6 is 11.7 Å². The molecule has 1 atom stereocenters. The number of likely N-dealkylation sites (tertiary alicyclic amines) is 1. The van der Waals surface area contributed by atoms with Crippen molar-refractivity contribution in [1.29, 1.82) is 0 Å². The number of carbonyl (C=O) groups excluding carboxylic acids is 1. The molecule has 1 aliphatic heterocycles. The predicted octanol–water partition coefficient (Wildman–Crippen LogP) is 1.13. The van der Waals surface area contributed by atoms with E-state index in [1.807, 2.05) is 12.1 Å². The summed E-state index contributed by atoms with van der Waals surface area (Å²) in [5.41, 5.74) is 2.11. The summed E-state index contributed by atoms with van der Waals surface area (Å²) in [4.78, 5) is 14.4. The van der Waals surface area contributed by atoms with E-state index >= 15 is 0 Å². The molecule has 3 rings (SSSR count). The van der Waals surface area contributed by atoms with Gasteiger partial charge in [0.2, 0.25) is 0 Å². The lowest BCUT2D eigenvalue weighted by molar-refractivity contribution is 0.0940. The number of hydrogen-bond donors (Lipinski definition) is 1. The maximum Gasteiger partial charge on any atom is 0.253 e. The molecule has 0 saturated carbocycles. The first kappa shape index (κ1) is 11.6. The van der Waals surface area contributed by atoms with Gasteiger partial charge < -0.3 is 10.2 Å². The van der Waals surface area contributed by atoms with E-state index in [1.165, 1.54) is 0 Å². The highest BCUT2D eigenvalue weighted by Gasteiger charge is 2.22. The molecule has 0 spiro atoms. The number of aromatic nitrogens is 2. The molecular weight excluding hydrogens is 248 g/mol. The lowest BCUT2D eigenvalue weighted by atomic mass is 10.1. The fourth-order valence-electron chi connectivity index (χ4n) is 2.31. The molecule has 1 aromatic heterocycles. The number of hydrogen-bond acceptors (Lipinski definition) is 5. The average molecular weight is 262 g/mol. The molecule has 1 aromatic carbocycles. The molecule has 2 heterocycles. The fraction of sp³-hybridized carbons (Fsp3) is 0.417.